The van der Waals surface area contributed by atoms with Crippen LogP contribution in [0.15, 0.2) is 24.3 Å². The molecule has 4 amide bonds. The highest BCUT2D eigenvalue weighted by atomic mass is 35.5. The van der Waals surface area contributed by atoms with Crippen molar-refractivity contribution in [3.05, 3.63) is 29.8 Å². The number of alkyl halides is 1. The first kappa shape index (κ1) is 43.7. The molecule has 0 spiro atoms. The highest BCUT2D eigenvalue weighted by Gasteiger charge is 2.42. The molecule has 1 aliphatic rings. The fourth-order valence-electron chi connectivity index (χ4n) is 6.35. The van der Waals surface area contributed by atoms with E-state index in [4.69, 9.17) is 17.3 Å². The fourth-order valence-corrected chi connectivity index (χ4v) is 6.54. The van der Waals surface area contributed by atoms with Crippen molar-refractivity contribution >= 4 is 41.2 Å². The first-order valence-electron chi connectivity index (χ1n) is 18.3. The number of carbonyl (C=O) groups is 5. The van der Waals surface area contributed by atoms with Gasteiger partial charge in [-0.3, -0.25) is 19.2 Å². The van der Waals surface area contributed by atoms with Crippen LogP contribution in [-0.4, -0.2) is 111 Å². The van der Waals surface area contributed by atoms with Crippen LogP contribution < -0.4 is 16.4 Å². The summed E-state index contributed by atoms with van der Waals surface area (Å²) >= 11 is 5.73. The minimum Gasteiger partial charge on any atom is -0.508 e. The fraction of sp³-hybridized carbons (Fsp3) is 0.703. The molecule has 0 aliphatic carbocycles. The number of phenolic OH excluding ortho intramolecular Hbond substituents is 1. The number of amides is 4. The van der Waals surface area contributed by atoms with Crippen molar-refractivity contribution in [2.75, 3.05) is 19.5 Å². The van der Waals surface area contributed by atoms with Gasteiger partial charge in [-0.05, 0) is 61.6 Å². The molecule has 1 aliphatic heterocycles. The van der Waals surface area contributed by atoms with Crippen LogP contribution in [0.2, 0.25) is 0 Å². The Labute approximate surface area is 307 Å². The van der Waals surface area contributed by atoms with E-state index in [1.807, 2.05) is 20.8 Å². The molecular weight excluding hydrogens is 678 g/mol. The Morgan fingerprint density at radius 3 is 2.24 bits per heavy atom. The Morgan fingerprint density at radius 1 is 1.02 bits per heavy atom. The van der Waals surface area contributed by atoms with Crippen LogP contribution in [-0.2, 0) is 30.4 Å². The van der Waals surface area contributed by atoms with Crippen LogP contribution in [0.3, 0.4) is 0 Å². The second kappa shape index (κ2) is 21.8. The summed E-state index contributed by atoms with van der Waals surface area (Å²) in [6, 6.07) is 1.00. The third-order valence-corrected chi connectivity index (χ3v) is 10.0. The van der Waals surface area contributed by atoms with E-state index in [2.05, 4.69) is 10.6 Å². The highest BCUT2D eigenvalue weighted by Crippen LogP contribution is 2.24. The minimum atomic E-state index is -1.52. The van der Waals surface area contributed by atoms with Crippen molar-refractivity contribution in [2.45, 2.75) is 135 Å². The number of hydrogen-bond acceptors (Lipinski definition) is 8. The molecule has 0 radical (unpaired) electrons. The van der Waals surface area contributed by atoms with Crippen molar-refractivity contribution in [3.63, 3.8) is 0 Å². The van der Waals surface area contributed by atoms with Gasteiger partial charge < -0.3 is 41.5 Å². The largest absolute Gasteiger partial charge is 0.508 e. The topological polar surface area (TPSA) is 203 Å². The molecule has 2 rings (SSSR count). The molecule has 1 aromatic rings. The molecule has 13 nitrogen and oxygen atoms in total. The lowest BCUT2D eigenvalue weighted by Crippen LogP contribution is -2.60. The number of likely N-dealkylation sites (tertiary alicyclic amines) is 1. The molecule has 7 atom stereocenters. The second-order valence-corrected chi connectivity index (χ2v) is 14.7. The van der Waals surface area contributed by atoms with Crippen molar-refractivity contribution in [1.29, 1.82) is 0 Å². The summed E-state index contributed by atoms with van der Waals surface area (Å²) < 4.78 is 0. The third-order valence-electron chi connectivity index (χ3n) is 9.75. The highest BCUT2D eigenvalue weighted by molar-refractivity contribution is 6.17. The number of nitrogens with one attached hydrogen (secondary N) is 2. The van der Waals surface area contributed by atoms with E-state index in [0.29, 0.717) is 37.1 Å². The Balaban J connectivity index is 2.19. The van der Waals surface area contributed by atoms with Gasteiger partial charge in [0.25, 0.3) is 5.91 Å². The van der Waals surface area contributed by atoms with Crippen LogP contribution in [0.25, 0.3) is 0 Å². The average molecular weight is 738 g/mol. The van der Waals surface area contributed by atoms with Gasteiger partial charge in [0.05, 0.1) is 0 Å². The van der Waals surface area contributed by atoms with Crippen LogP contribution >= 0.6 is 11.6 Å². The Kier molecular flexibility index (Phi) is 18.7. The summed E-state index contributed by atoms with van der Waals surface area (Å²) in [4.78, 5) is 69.8. The van der Waals surface area contributed by atoms with Gasteiger partial charge in [0, 0.05) is 31.9 Å². The number of nitrogens with two attached hydrogens (primary N) is 1. The number of carboxylic acid groups (broad SMARTS) is 1. The smallest absolute Gasteiger partial charge is 0.326 e. The zero-order chi connectivity index (χ0) is 38.2. The molecule has 1 aromatic carbocycles. The molecule has 0 unspecified atom stereocenters. The predicted octanol–water partition coefficient (Wildman–Crippen LogP) is 3.17. The minimum absolute atomic E-state index is 0.0165. The van der Waals surface area contributed by atoms with Crippen LogP contribution in [0, 0.1) is 11.8 Å². The lowest BCUT2D eigenvalue weighted by molar-refractivity contribution is -0.150. The van der Waals surface area contributed by atoms with Gasteiger partial charge in [-0.2, -0.15) is 0 Å². The lowest BCUT2D eigenvalue weighted by Gasteiger charge is -2.37. The molecule has 0 saturated carbocycles. The maximum absolute atomic E-state index is 14.2. The van der Waals surface area contributed by atoms with E-state index in [9.17, 15) is 39.3 Å². The van der Waals surface area contributed by atoms with Crippen molar-refractivity contribution < 1.29 is 39.3 Å². The number of carbonyl (C=O) groups excluding carboxylic acids is 4. The van der Waals surface area contributed by atoms with Crippen LogP contribution in [0.4, 0.5) is 0 Å². The number of aromatic hydroxyl groups is 1. The van der Waals surface area contributed by atoms with E-state index in [1.165, 1.54) is 29.0 Å². The predicted molar refractivity (Wildman–Crippen MR) is 196 cm³/mol. The number of hydrogen-bond donors (Lipinski definition) is 6. The average Bonchev–Trinajstić information content (AvgIpc) is 3.60. The number of phenols is 1. The molecule has 14 heteroatoms. The number of aliphatic hydroxyl groups excluding tert-OH is 1. The number of benzene rings is 1. The Morgan fingerprint density at radius 2 is 1.65 bits per heavy atom. The SMILES string of the molecule is CC[C@H](C)[C@H](NC(=O)[C@H](O)[C@H](N)CCCCCCCCl)C(=O)N(C)[C@@H](CC(C)C)C(=O)N1CCC[C@H]1C(=O)N[C@H](Cc1ccc(O)cc1)C(=O)O. The number of likely N-dealkylation sites (N-methyl/N-ethyl adjacent to an activating group) is 1. The molecular formula is C37H60ClN5O8. The van der Waals surface area contributed by atoms with Crippen LogP contribution in [0.1, 0.15) is 97.5 Å². The third kappa shape index (κ3) is 13.6. The number of halogens is 1. The van der Waals surface area contributed by atoms with E-state index < -0.39 is 65.9 Å². The van der Waals surface area contributed by atoms with E-state index >= 15 is 0 Å². The Bertz CT molecular complexity index is 1280. The van der Waals surface area contributed by atoms with E-state index in [-0.39, 0.29) is 37.0 Å². The monoisotopic (exact) mass is 737 g/mol. The molecule has 288 valence electrons. The summed E-state index contributed by atoms with van der Waals surface area (Å²) in [6.45, 7) is 7.76. The molecule has 1 saturated heterocycles. The van der Waals surface area contributed by atoms with Crippen molar-refractivity contribution in [3.8, 4) is 5.75 Å². The van der Waals surface area contributed by atoms with Gasteiger partial charge >= 0.3 is 5.97 Å². The number of nitrogens with zero attached hydrogens (tertiary/aromatic N) is 2. The standard InChI is InChI=1S/C37H60ClN5O8/c1-6-24(4)31(41-34(47)32(45)27(39)13-10-8-7-9-11-19-38)36(49)42(5)30(21-23(2)3)35(48)43-20-12-14-29(43)33(46)40-28(37(50)51)22-25-15-17-26(44)18-16-25/h15-18,23-24,27-32,44-45H,6-14,19-22,39H2,1-5H3,(H,40,46)(H,41,47)(H,50,51)/t24-,27+,28+,29-,30-,31-,32+/m0/s1. The normalized spacial score (nSPS) is 18.0. The van der Waals surface area contributed by atoms with Gasteiger partial charge in [0.2, 0.25) is 17.7 Å². The number of unbranched alkanes of at least 4 members (excludes halogenated alkanes) is 4. The molecule has 0 aromatic heterocycles. The van der Waals surface area contributed by atoms with Gasteiger partial charge in [-0.15, -0.1) is 11.6 Å². The molecule has 7 N–H and O–H groups in total. The molecule has 1 heterocycles. The van der Waals surface area contributed by atoms with E-state index in [0.717, 1.165) is 32.1 Å². The number of aliphatic hydroxyl groups is 1. The summed E-state index contributed by atoms with van der Waals surface area (Å²) in [6.07, 6.45) is 5.14. The van der Waals surface area contributed by atoms with Gasteiger partial charge in [-0.25, -0.2) is 4.79 Å². The summed E-state index contributed by atoms with van der Waals surface area (Å²) in [5.41, 5.74) is 6.77. The lowest BCUT2D eigenvalue weighted by atomic mass is 9.94. The number of rotatable bonds is 22. The first-order chi connectivity index (χ1) is 24.1. The maximum Gasteiger partial charge on any atom is 0.326 e. The van der Waals surface area contributed by atoms with Crippen molar-refractivity contribution in [1.82, 2.24) is 20.4 Å². The molecule has 51 heavy (non-hydrogen) atoms. The molecule has 1 fully saturated rings. The Hall–Kier alpha value is -3.42. The van der Waals surface area contributed by atoms with Crippen molar-refractivity contribution in [2.24, 2.45) is 17.6 Å². The zero-order valence-corrected chi connectivity index (χ0v) is 31.6. The second-order valence-electron chi connectivity index (χ2n) is 14.3. The molecule has 0 bridgehead atoms. The zero-order valence-electron chi connectivity index (χ0n) is 30.9. The quantitative estimate of drug-likeness (QED) is 0.0764. The first-order valence-corrected chi connectivity index (χ1v) is 18.8. The van der Waals surface area contributed by atoms with Gasteiger partial charge in [-0.1, -0.05) is 71.9 Å². The van der Waals surface area contributed by atoms with Crippen LogP contribution in [0.5, 0.6) is 5.75 Å². The summed E-state index contributed by atoms with van der Waals surface area (Å²) in [5, 5.41) is 35.5. The maximum atomic E-state index is 14.2. The summed E-state index contributed by atoms with van der Waals surface area (Å²) in [7, 11) is 1.50. The van der Waals surface area contributed by atoms with Gasteiger partial charge in [0.1, 0.15) is 36.0 Å². The summed E-state index contributed by atoms with van der Waals surface area (Å²) in [5.74, 6) is -3.24. The number of carboxylic acids is 1. The number of aliphatic carboxylic acids is 1. The van der Waals surface area contributed by atoms with Gasteiger partial charge in [0.15, 0.2) is 0 Å². The van der Waals surface area contributed by atoms with E-state index in [1.54, 1.807) is 19.1 Å².